The van der Waals surface area contributed by atoms with Gasteiger partial charge in [0, 0.05) is 43.9 Å². The fourth-order valence-corrected chi connectivity index (χ4v) is 3.66. The standard InChI is InChI=1S/C15H21N3O2S/c1-10-13(21-9-16-10)5-6-17(2)15(20)11-7-14(19)18(8-11)12-3-4-12/h9,11-12H,3-8H2,1-2H3/t11-/m1/s1. The number of carbonyl (C=O) groups is 2. The summed E-state index contributed by atoms with van der Waals surface area (Å²) in [6, 6.07) is 0.417. The molecule has 114 valence electrons. The molecule has 1 aromatic heterocycles. The van der Waals surface area contributed by atoms with Crippen molar-refractivity contribution in [3.05, 3.63) is 16.1 Å². The summed E-state index contributed by atoms with van der Waals surface area (Å²) >= 11 is 1.64. The topological polar surface area (TPSA) is 53.5 Å². The van der Waals surface area contributed by atoms with Crippen molar-refractivity contribution in [3.8, 4) is 0 Å². The molecule has 0 N–H and O–H groups in total. The van der Waals surface area contributed by atoms with E-state index in [0.29, 0.717) is 25.6 Å². The number of hydrogen-bond donors (Lipinski definition) is 0. The van der Waals surface area contributed by atoms with Crippen LogP contribution in [0.5, 0.6) is 0 Å². The minimum absolute atomic E-state index is 0.105. The normalized spacial score (nSPS) is 21.9. The van der Waals surface area contributed by atoms with Crippen LogP contribution in [0.2, 0.25) is 0 Å². The Labute approximate surface area is 129 Å². The average molecular weight is 307 g/mol. The molecule has 0 radical (unpaired) electrons. The van der Waals surface area contributed by atoms with Gasteiger partial charge < -0.3 is 9.80 Å². The van der Waals surface area contributed by atoms with Crippen LogP contribution in [-0.4, -0.2) is 52.8 Å². The Bertz CT molecular complexity index is 553. The average Bonchev–Trinajstić information content (AvgIpc) is 3.12. The molecule has 5 nitrogen and oxygen atoms in total. The summed E-state index contributed by atoms with van der Waals surface area (Å²) in [7, 11) is 1.84. The van der Waals surface area contributed by atoms with E-state index in [4.69, 9.17) is 0 Å². The Kier molecular flexibility index (Phi) is 3.97. The van der Waals surface area contributed by atoms with Crippen LogP contribution in [-0.2, 0) is 16.0 Å². The summed E-state index contributed by atoms with van der Waals surface area (Å²) in [5.41, 5.74) is 2.90. The molecular formula is C15H21N3O2S. The van der Waals surface area contributed by atoms with Crippen LogP contribution in [0.15, 0.2) is 5.51 Å². The van der Waals surface area contributed by atoms with Gasteiger partial charge >= 0.3 is 0 Å². The lowest BCUT2D eigenvalue weighted by atomic mass is 10.1. The molecule has 1 aromatic rings. The van der Waals surface area contributed by atoms with Gasteiger partial charge in [0.15, 0.2) is 0 Å². The van der Waals surface area contributed by atoms with Gasteiger partial charge in [-0.3, -0.25) is 9.59 Å². The first-order chi connectivity index (χ1) is 10.1. The van der Waals surface area contributed by atoms with Gasteiger partial charge in [-0.2, -0.15) is 0 Å². The zero-order chi connectivity index (χ0) is 15.0. The molecule has 2 fully saturated rings. The first kappa shape index (κ1) is 14.5. The molecule has 1 aliphatic heterocycles. The second kappa shape index (κ2) is 5.75. The number of likely N-dealkylation sites (tertiary alicyclic amines) is 1. The maximum Gasteiger partial charge on any atom is 0.227 e. The minimum atomic E-state index is -0.148. The second-order valence-electron chi connectivity index (χ2n) is 6.05. The zero-order valence-corrected chi connectivity index (χ0v) is 13.4. The predicted octanol–water partition coefficient (Wildman–Crippen LogP) is 1.46. The highest BCUT2D eigenvalue weighted by Gasteiger charge is 2.42. The van der Waals surface area contributed by atoms with E-state index < -0.39 is 0 Å². The summed E-state index contributed by atoms with van der Waals surface area (Å²) in [6.45, 7) is 3.30. The molecular weight excluding hydrogens is 286 g/mol. The lowest BCUT2D eigenvalue weighted by molar-refractivity contribution is -0.134. The molecule has 2 heterocycles. The number of amides is 2. The van der Waals surface area contributed by atoms with E-state index in [2.05, 4.69) is 4.98 Å². The molecule has 1 saturated carbocycles. The van der Waals surface area contributed by atoms with Crippen molar-refractivity contribution < 1.29 is 9.59 Å². The Balaban J connectivity index is 1.52. The van der Waals surface area contributed by atoms with Gasteiger partial charge in [-0.05, 0) is 19.8 Å². The summed E-state index contributed by atoms with van der Waals surface area (Å²) < 4.78 is 0. The van der Waals surface area contributed by atoms with Crippen LogP contribution in [0.25, 0.3) is 0 Å². The van der Waals surface area contributed by atoms with E-state index in [1.165, 1.54) is 4.88 Å². The van der Waals surface area contributed by atoms with Crippen molar-refractivity contribution in [2.45, 2.75) is 38.6 Å². The molecule has 2 amide bonds. The number of aromatic nitrogens is 1. The van der Waals surface area contributed by atoms with E-state index in [1.807, 2.05) is 24.4 Å². The van der Waals surface area contributed by atoms with Gasteiger partial charge in [-0.25, -0.2) is 4.98 Å². The molecule has 21 heavy (non-hydrogen) atoms. The van der Waals surface area contributed by atoms with E-state index in [0.717, 1.165) is 25.0 Å². The number of hydrogen-bond acceptors (Lipinski definition) is 4. The SMILES string of the molecule is Cc1ncsc1CCN(C)C(=O)[C@@H]1CC(=O)N(C2CC2)C1. The molecule has 1 saturated heterocycles. The van der Waals surface area contributed by atoms with Crippen LogP contribution < -0.4 is 0 Å². The molecule has 3 rings (SSSR count). The second-order valence-corrected chi connectivity index (χ2v) is 6.99. The maximum atomic E-state index is 12.5. The van der Waals surface area contributed by atoms with Crippen LogP contribution >= 0.6 is 11.3 Å². The fraction of sp³-hybridized carbons (Fsp3) is 0.667. The fourth-order valence-electron chi connectivity index (χ4n) is 2.89. The third kappa shape index (κ3) is 3.10. The van der Waals surface area contributed by atoms with Crippen LogP contribution in [0.3, 0.4) is 0 Å². The van der Waals surface area contributed by atoms with Gasteiger partial charge in [0.2, 0.25) is 11.8 Å². The Morgan fingerprint density at radius 3 is 2.90 bits per heavy atom. The van der Waals surface area contributed by atoms with Crippen molar-refractivity contribution >= 4 is 23.2 Å². The van der Waals surface area contributed by atoms with Crippen LogP contribution in [0.1, 0.15) is 29.8 Å². The van der Waals surface area contributed by atoms with Gasteiger partial charge in [0.25, 0.3) is 0 Å². The molecule has 1 atom stereocenters. The number of carbonyl (C=O) groups excluding carboxylic acids is 2. The first-order valence-corrected chi connectivity index (χ1v) is 8.37. The quantitative estimate of drug-likeness (QED) is 0.827. The van der Waals surface area contributed by atoms with Gasteiger partial charge in [0.05, 0.1) is 17.1 Å². The third-order valence-corrected chi connectivity index (χ3v) is 5.39. The highest BCUT2D eigenvalue weighted by molar-refractivity contribution is 7.09. The van der Waals surface area contributed by atoms with Gasteiger partial charge in [-0.1, -0.05) is 0 Å². The largest absolute Gasteiger partial charge is 0.345 e. The lowest BCUT2D eigenvalue weighted by Crippen LogP contribution is -2.36. The van der Waals surface area contributed by atoms with Crippen molar-refractivity contribution in [2.75, 3.05) is 20.1 Å². The highest BCUT2D eigenvalue weighted by atomic mass is 32.1. The lowest BCUT2D eigenvalue weighted by Gasteiger charge is -2.21. The van der Waals surface area contributed by atoms with E-state index in [9.17, 15) is 9.59 Å². The monoisotopic (exact) mass is 307 g/mol. The molecule has 1 aliphatic carbocycles. The van der Waals surface area contributed by atoms with Crippen molar-refractivity contribution in [1.82, 2.24) is 14.8 Å². The van der Waals surface area contributed by atoms with Gasteiger partial charge in [-0.15, -0.1) is 11.3 Å². The number of aryl methyl sites for hydroxylation is 1. The van der Waals surface area contributed by atoms with Crippen LogP contribution in [0.4, 0.5) is 0 Å². The van der Waals surface area contributed by atoms with E-state index in [-0.39, 0.29) is 17.7 Å². The summed E-state index contributed by atoms with van der Waals surface area (Å²) in [5, 5.41) is 0. The molecule has 2 aliphatic rings. The number of nitrogens with zero attached hydrogens (tertiary/aromatic N) is 3. The van der Waals surface area contributed by atoms with Crippen LogP contribution in [0, 0.1) is 12.8 Å². The Morgan fingerprint density at radius 1 is 1.52 bits per heavy atom. The molecule has 0 spiro atoms. The molecule has 6 heteroatoms. The number of rotatable bonds is 5. The zero-order valence-electron chi connectivity index (χ0n) is 12.5. The minimum Gasteiger partial charge on any atom is -0.345 e. The van der Waals surface area contributed by atoms with E-state index in [1.54, 1.807) is 16.2 Å². The summed E-state index contributed by atoms with van der Waals surface area (Å²) in [6.07, 6.45) is 3.44. The maximum absolute atomic E-state index is 12.5. The van der Waals surface area contributed by atoms with Gasteiger partial charge in [0.1, 0.15) is 0 Å². The summed E-state index contributed by atoms with van der Waals surface area (Å²) in [5.74, 6) is 0.113. The number of likely N-dealkylation sites (N-methyl/N-ethyl adjacent to an activating group) is 1. The third-order valence-electron chi connectivity index (χ3n) is 4.39. The number of thiazole rings is 1. The predicted molar refractivity (Wildman–Crippen MR) is 81.0 cm³/mol. The Hall–Kier alpha value is -1.43. The summed E-state index contributed by atoms with van der Waals surface area (Å²) in [4.78, 5) is 33.5. The molecule has 0 unspecified atom stereocenters. The van der Waals surface area contributed by atoms with Crippen molar-refractivity contribution in [2.24, 2.45) is 5.92 Å². The Morgan fingerprint density at radius 2 is 2.29 bits per heavy atom. The first-order valence-electron chi connectivity index (χ1n) is 7.49. The smallest absolute Gasteiger partial charge is 0.227 e. The molecule has 0 bridgehead atoms. The highest BCUT2D eigenvalue weighted by Crippen LogP contribution is 2.33. The van der Waals surface area contributed by atoms with E-state index >= 15 is 0 Å². The molecule has 0 aromatic carbocycles. The van der Waals surface area contributed by atoms with Crippen molar-refractivity contribution in [1.29, 1.82) is 0 Å². The van der Waals surface area contributed by atoms with Crippen molar-refractivity contribution in [3.63, 3.8) is 0 Å².